The number of aryl methyl sites for hydroxylation is 2. The van der Waals surface area contributed by atoms with Gasteiger partial charge in [-0.1, -0.05) is 0 Å². The minimum absolute atomic E-state index is 0.487. The molecule has 0 amide bonds. The molecule has 0 bridgehead atoms. The zero-order valence-corrected chi connectivity index (χ0v) is 9.02. The van der Waals surface area contributed by atoms with Crippen LogP contribution in [0.25, 0.3) is 11.4 Å². The van der Waals surface area contributed by atoms with E-state index in [1.807, 2.05) is 20.9 Å². The molecule has 2 aromatic rings. The minimum atomic E-state index is 0.487. The Balaban J connectivity index is 2.58. The number of nitrogen functional groups attached to an aromatic ring is 1. The average Bonchev–Trinajstić information content (AvgIpc) is 2.46. The first-order valence-corrected chi connectivity index (χ1v) is 4.68. The molecule has 2 N–H and O–H groups in total. The largest absolute Gasteiger partial charge is 0.384 e. The number of nitrogens with zero attached hydrogens (tertiary/aromatic N) is 4. The summed E-state index contributed by atoms with van der Waals surface area (Å²) in [5.74, 6) is 1.12. The zero-order chi connectivity index (χ0) is 11.0. The van der Waals surface area contributed by atoms with Gasteiger partial charge >= 0.3 is 0 Å². The summed E-state index contributed by atoms with van der Waals surface area (Å²) in [4.78, 5) is 8.53. The summed E-state index contributed by atoms with van der Waals surface area (Å²) in [5, 5.41) is 4.15. The molecule has 0 aliphatic carbocycles. The van der Waals surface area contributed by atoms with Crippen LogP contribution in [-0.2, 0) is 7.05 Å². The lowest BCUT2D eigenvalue weighted by Crippen LogP contribution is -1.99. The molecule has 2 heterocycles. The van der Waals surface area contributed by atoms with Gasteiger partial charge in [0.05, 0.1) is 11.8 Å². The molecule has 2 rings (SSSR count). The van der Waals surface area contributed by atoms with Crippen molar-refractivity contribution in [2.24, 2.45) is 7.05 Å². The van der Waals surface area contributed by atoms with E-state index in [2.05, 4.69) is 15.1 Å². The van der Waals surface area contributed by atoms with E-state index in [0.717, 1.165) is 17.0 Å². The maximum Gasteiger partial charge on any atom is 0.165 e. The van der Waals surface area contributed by atoms with Gasteiger partial charge in [-0.05, 0) is 13.8 Å². The van der Waals surface area contributed by atoms with Gasteiger partial charge in [-0.25, -0.2) is 9.97 Å². The number of hydrogen-bond acceptors (Lipinski definition) is 4. The molecule has 78 valence electrons. The molecule has 0 spiro atoms. The van der Waals surface area contributed by atoms with E-state index in [4.69, 9.17) is 5.73 Å². The molecule has 0 unspecified atom stereocenters. The van der Waals surface area contributed by atoms with Crippen LogP contribution < -0.4 is 5.73 Å². The Kier molecular flexibility index (Phi) is 2.15. The standard InChI is InChI=1S/C10H13N5/c1-6-4-9(11)14-10(13-6)8-5-12-15(3)7(8)2/h4-5H,1-3H3,(H2,11,13,14). The van der Waals surface area contributed by atoms with Crippen molar-refractivity contribution in [1.82, 2.24) is 19.7 Å². The summed E-state index contributed by atoms with van der Waals surface area (Å²) in [6.07, 6.45) is 1.75. The van der Waals surface area contributed by atoms with Gasteiger partial charge in [0.2, 0.25) is 0 Å². The normalized spacial score (nSPS) is 10.6. The van der Waals surface area contributed by atoms with E-state index in [9.17, 15) is 0 Å². The molecular formula is C10H13N5. The molecule has 0 saturated heterocycles. The molecule has 2 aromatic heterocycles. The number of anilines is 1. The van der Waals surface area contributed by atoms with Crippen molar-refractivity contribution in [1.29, 1.82) is 0 Å². The molecule has 0 aromatic carbocycles. The molecule has 5 heteroatoms. The zero-order valence-electron chi connectivity index (χ0n) is 9.02. The summed E-state index contributed by atoms with van der Waals surface area (Å²) >= 11 is 0. The second kappa shape index (κ2) is 3.34. The first kappa shape index (κ1) is 9.64. The molecule has 0 atom stereocenters. The highest BCUT2D eigenvalue weighted by Crippen LogP contribution is 2.19. The third-order valence-electron chi connectivity index (χ3n) is 2.35. The summed E-state index contributed by atoms with van der Waals surface area (Å²) < 4.78 is 1.79. The molecule has 5 nitrogen and oxygen atoms in total. The van der Waals surface area contributed by atoms with Crippen LogP contribution in [-0.4, -0.2) is 19.7 Å². The Bertz CT molecular complexity index is 480. The lowest BCUT2D eigenvalue weighted by atomic mass is 10.2. The van der Waals surface area contributed by atoms with Crippen LogP contribution in [0.5, 0.6) is 0 Å². The first-order valence-electron chi connectivity index (χ1n) is 4.68. The third kappa shape index (κ3) is 1.68. The van der Waals surface area contributed by atoms with E-state index in [0.29, 0.717) is 11.6 Å². The van der Waals surface area contributed by atoms with E-state index >= 15 is 0 Å². The Morgan fingerprint density at radius 2 is 2.00 bits per heavy atom. The molecule has 0 radical (unpaired) electrons. The Labute approximate surface area is 88.0 Å². The van der Waals surface area contributed by atoms with Gasteiger partial charge < -0.3 is 5.73 Å². The second-order valence-electron chi connectivity index (χ2n) is 3.53. The number of aromatic nitrogens is 4. The Morgan fingerprint density at radius 3 is 2.53 bits per heavy atom. The SMILES string of the molecule is Cc1cc(N)nc(-c2cnn(C)c2C)n1. The topological polar surface area (TPSA) is 69.6 Å². The summed E-state index contributed by atoms with van der Waals surface area (Å²) in [5.41, 5.74) is 8.49. The highest BCUT2D eigenvalue weighted by molar-refractivity contribution is 5.58. The lowest BCUT2D eigenvalue weighted by molar-refractivity contribution is 0.740. The Morgan fingerprint density at radius 1 is 1.27 bits per heavy atom. The van der Waals surface area contributed by atoms with E-state index in [1.54, 1.807) is 16.9 Å². The van der Waals surface area contributed by atoms with Gasteiger partial charge in [0.25, 0.3) is 0 Å². The fourth-order valence-corrected chi connectivity index (χ4v) is 1.43. The summed E-state index contributed by atoms with van der Waals surface area (Å²) in [7, 11) is 1.89. The third-order valence-corrected chi connectivity index (χ3v) is 2.35. The maximum atomic E-state index is 5.68. The van der Waals surface area contributed by atoms with Crippen LogP contribution in [0.4, 0.5) is 5.82 Å². The van der Waals surface area contributed by atoms with Crippen LogP contribution in [0.2, 0.25) is 0 Å². The molecule has 15 heavy (non-hydrogen) atoms. The van der Waals surface area contributed by atoms with Gasteiger partial charge in [0.1, 0.15) is 5.82 Å². The first-order chi connectivity index (χ1) is 7.08. The lowest BCUT2D eigenvalue weighted by Gasteiger charge is -2.02. The average molecular weight is 203 g/mol. The highest BCUT2D eigenvalue weighted by atomic mass is 15.3. The smallest absolute Gasteiger partial charge is 0.165 e. The minimum Gasteiger partial charge on any atom is -0.384 e. The summed E-state index contributed by atoms with van der Waals surface area (Å²) in [6, 6.07) is 1.75. The highest BCUT2D eigenvalue weighted by Gasteiger charge is 2.09. The van der Waals surface area contributed by atoms with Gasteiger partial charge in [-0.3, -0.25) is 4.68 Å². The van der Waals surface area contributed by atoms with Gasteiger partial charge in [-0.2, -0.15) is 5.10 Å². The molecule has 0 aliphatic rings. The van der Waals surface area contributed by atoms with Crippen molar-refractivity contribution in [3.63, 3.8) is 0 Å². The maximum absolute atomic E-state index is 5.68. The fraction of sp³-hybridized carbons (Fsp3) is 0.300. The van der Waals surface area contributed by atoms with Crippen molar-refractivity contribution < 1.29 is 0 Å². The second-order valence-corrected chi connectivity index (χ2v) is 3.53. The number of hydrogen-bond donors (Lipinski definition) is 1. The van der Waals surface area contributed by atoms with Crippen molar-refractivity contribution in [2.75, 3.05) is 5.73 Å². The van der Waals surface area contributed by atoms with Crippen molar-refractivity contribution >= 4 is 5.82 Å². The molecule has 0 fully saturated rings. The number of rotatable bonds is 1. The Hall–Kier alpha value is -1.91. The van der Waals surface area contributed by atoms with E-state index < -0.39 is 0 Å². The van der Waals surface area contributed by atoms with E-state index in [1.165, 1.54) is 0 Å². The van der Waals surface area contributed by atoms with Crippen LogP contribution >= 0.6 is 0 Å². The molecule has 0 saturated carbocycles. The predicted octanol–water partition coefficient (Wildman–Crippen LogP) is 1.08. The quantitative estimate of drug-likeness (QED) is 0.752. The van der Waals surface area contributed by atoms with Crippen molar-refractivity contribution in [3.05, 3.63) is 23.7 Å². The van der Waals surface area contributed by atoms with E-state index in [-0.39, 0.29) is 0 Å². The van der Waals surface area contributed by atoms with Crippen LogP contribution in [0.3, 0.4) is 0 Å². The van der Waals surface area contributed by atoms with Crippen molar-refractivity contribution in [3.8, 4) is 11.4 Å². The van der Waals surface area contributed by atoms with Crippen LogP contribution in [0, 0.1) is 13.8 Å². The molecular weight excluding hydrogens is 190 g/mol. The number of nitrogens with two attached hydrogens (primary N) is 1. The van der Waals surface area contributed by atoms with Crippen LogP contribution in [0.15, 0.2) is 12.3 Å². The predicted molar refractivity (Wildman–Crippen MR) is 58.1 cm³/mol. The fourth-order valence-electron chi connectivity index (χ4n) is 1.43. The summed E-state index contributed by atoms with van der Waals surface area (Å²) in [6.45, 7) is 3.87. The van der Waals surface area contributed by atoms with Gasteiger partial charge in [-0.15, -0.1) is 0 Å². The monoisotopic (exact) mass is 203 g/mol. The van der Waals surface area contributed by atoms with Gasteiger partial charge in [0.15, 0.2) is 5.82 Å². The molecule has 0 aliphatic heterocycles. The van der Waals surface area contributed by atoms with Crippen LogP contribution in [0.1, 0.15) is 11.4 Å². The van der Waals surface area contributed by atoms with Crippen molar-refractivity contribution in [2.45, 2.75) is 13.8 Å². The van der Waals surface area contributed by atoms with Gasteiger partial charge in [0, 0.05) is 24.5 Å².